The van der Waals surface area contributed by atoms with Crippen molar-refractivity contribution in [3.8, 4) is 0 Å². The molecule has 0 aromatic heterocycles. The van der Waals surface area contributed by atoms with Crippen LogP contribution in [-0.2, 0) is 32.1 Å². The van der Waals surface area contributed by atoms with Gasteiger partial charge in [0, 0.05) is 6.54 Å². The second-order valence-corrected chi connectivity index (χ2v) is 8.89. The van der Waals surface area contributed by atoms with Crippen molar-refractivity contribution in [2.75, 3.05) is 33.2 Å². The predicted octanol–water partition coefficient (Wildman–Crippen LogP) is 4.43. The van der Waals surface area contributed by atoms with Crippen LogP contribution < -0.4 is 5.32 Å². The molecule has 2 aromatic carbocycles. The Bertz CT molecular complexity index is 748. The van der Waals surface area contributed by atoms with Crippen LogP contribution in [0.15, 0.2) is 42.5 Å². The van der Waals surface area contributed by atoms with E-state index in [4.69, 9.17) is 0 Å². The number of piperidine rings is 1. The van der Waals surface area contributed by atoms with E-state index in [1.165, 1.54) is 75.0 Å². The first kappa shape index (κ1) is 19.7. The van der Waals surface area contributed by atoms with Crippen LogP contribution in [0.5, 0.6) is 0 Å². The van der Waals surface area contributed by atoms with Gasteiger partial charge in [0.25, 0.3) is 0 Å². The van der Waals surface area contributed by atoms with Gasteiger partial charge in [-0.15, -0.1) is 0 Å². The number of likely N-dealkylation sites (tertiary alicyclic amines) is 1. The first-order chi connectivity index (χ1) is 13.8. The number of nitrogens with zero attached hydrogens (tertiary/aromatic N) is 1. The van der Waals surface area contributed by atoms with E-state index >= 15 is 0 Å². The quantitative estimate of drug-likeness (QED) is 0.802. The van der Waals surface area contributed by atoms with Crippen LogP contribution >= 0.6 is 0 Å². The average molecular weight is 377 g/mol. The largest absolute Gasteiger partial charge is 0.319 e. The van der Waals surface area contributed by atoms with E-state index in [0.717, 1.165) is 25.2 Å². The Morgan fingerprint density at radius 3 is 2.43 bits per heavy atom. The van der Waals surface area contributed by atoms with Crippen molar-refractivity contribution in [2.24, 2.45) is 5.92 Å². The number of hydrogen-bond donors (Lipinski definition) is 1. The molecule has 0 amide bonds. The third kappa shape index (κ3) is 5.24. The van der Waals surface area contributed by atoms with Crippen LogP contribution in [0, 0.1) is 5.92 Å². The molecule has 28 heavy (non-hydrogen) atoms. The van der Waals surface area contributed by atoms with Crippen molar-refractivity contribution in [2.45, 2.75) is 51.4 Å². The van der Waals surface area contributed by atoms with Crippen LogP contribution in [0.4, 0.5) is 0 Å². The van der Waals surface area contributed by atoms with Gasteiger partial charge in [0.15, 0.2) is 0 Å². The minimum absolute atomic E-state index is 0.842. The Morgan fingerprint density at radius 2 is 1.64 bits per heavy atom. The molecule has 4 aliphatic carbocycles. The predicted molar refractivity (Wildman–Crippen MR) is 119 cm³/mol. The maximum atomic E-state index is 3.37. The third-order valence-electron chi connectivity index (χ3n) is 6.70. The SMILES string of the molecule is CNCC1CCCN(CCCc2cc3ccc2CCc2ccc(cc2)CC3)C1. The van der Waals surface area contributed by atoms with Gasteiger partial charge in [-0.25, -0.2) is 0 Å². The van der Waals surface area contributed by atoms with Crippen LogP contribution in [0.25, 0.3) is 0 Å². The van der Waals surface area contributed by atoms with E-state index in [9.17, 15) is 0 Å². The fraction of sp³-hybridized carbons (Fsp3) is 0.538. The molecule has 0 spiro atoms. The van der Waals surface area contributed by atoms with Crippen molar-refractivity contribution >= 4 is 0 Å². The van der Waals surface area contributed by atoms with Crippen molar-refractivity contribution in [1.82, 2.24) is 10.2 Å². The first-order valence-electron chi connectivity index (χ1n) is 11.4. The topological polar surface area (TPSA) is 15.3 Å². The van der Waals surface area contributed by atoms with Crippen molar-refractivity contribution in [3.63, 3.8) is 0 Å². The summed E-state index contributed by atoms with van der Waals surface area (Å²) in [6.45, 7) is 5.00. The lowest BCUT2D eigenvalue weighted by atomic mass is 9.91. The van der Waals surface area contributed by atoms with Gasteiger partial charge in [-0.05, 0) is 112 Å². The molecule has 0 radical (unpaired) electrons. The summed E-state index contributed by atoms with van der Waals surface area (Å²) in [5.74, 6) is 0.842. The molecule has 2 heteroatoms. The maximum Gasteiger partial charge on any atom is 0.00218 e. The highest BCUT2D eigenvalue weighted by atomic mass is 15.1. The molecule has 0 saturated carbocycles. The van der Waals surface area contributed by atoms with Gasteiger partial charge in [-0.3, -0.25) is 0 Å². The first-order valence-corrected chi connectivity index (χ1v) is 11.4. The van der Waals surface area contributed by atoms with Crippen LogP contribution in [0.2, 0.25) is 0 Å². The highest BCUT2D eigenvalue weighted by molar-refractivity contribution is 5.35. The summed E-state index contributed by atoms with van der Waals surface area (Å²) in [6, 6.07) is 16.6. The zero-order valence-corrected chi connectivity index (χ0v) is 17.6. The molecule has 150 valence electrons. The second kappa shape index (κ2) is 9.71. The number of nitrogens with one attached hydrogen (secondary N) is 1. The lowest BCUT2D eigenvalue weighted by molar-refractivity contribution is 0.172. The summed E-state index contributed by atoms with van der Waals surface area (Å²) < 4.78 is 0. The fourth-order valence-electron chi connectivity index (χ4n) is 5.05. The van der Waals surface area contributed by atoms with Crippen LogP contribution in [0.3, 0.4) is 0 Å². The smallest absolute Gasteiger partial charge is 0.00218 e. The molecule has 1 unspecified atom stereocenters. The summed E-state index contributed by atoms with van der Waals surface area (Å²) >= 11 is 0. The van der Waals surface area contributed by atoms with Crippen molar-refractivity contribution < 1.29 is 0 Å². The average Bonchev–Trinajstić information content (AvgIpc) is 2.71. The molecule has 1 N–H and O–H groups in total. The Labute approximate surface area is 171 Å². The van der Waals surface area contributed by atoms with Gasteiger partial charge in [0.1, 0.15) is 0 Å². The highest BCUT2D eigenvalue weighted by Gasteiger charge is 2.19. The zero-order chi connectivity index (χ0) is 19.2. The molecular formula is C26H36N2. The van der Waals surface area contributed by atoms with Crippen molar-refractivity contribution in [1.29, 1.82) is 0 Å². The number of aryl methyl sites for hydroxylation is 5. The van der Waals surface area contributed by atoms with E-state index < -0.39 is 0 Å². The normalized spacial score (nSPS) is 20.1. The Balaban J connectivity index is 1.38. The molecule has 1 aliphatic heterocycles. The van der Waals surface area contributed by atoms with E-state index in [1.54, 1.807) is 11.1 Å². The second-order valence-electron chi connectivity index (χ2n) is 8.89. The van der Waals surface area contributed by atoms with Crippen LogP contribution in [-0.4, -0.2) is 38.1 Å². The van der Waals surface area contributed by atoms with Gasteiger partial charge in [-0.1, -0.05) is 42.5 Å². The zero-order valence-electron chi connectivity index (χ0n) is 17.6. The summed E-state index contributed by atoms with van der Waals surface area (Å²) in [5.41, 5.74) is 7.63. The van der Waals surface area contributed by atoms with E-state index in [-0.39, 0.29) is 0 Å². The van der Waals surface area contributed by atoms with E-state index in [1.807, 2.05) is 0 Å². The molecule has 1 fully saturated rings. The lowest BCUT2D eigenvalue weighted by Gasteiger charge is -2.32. The summed E-state index contributed by atoms with van der Waals surface area (Å²) in [7, 11) is 2.08. The third-order valence-corrected chi connectivity index (χ3v) is 6.70. The summed E-state index contributed by atoms with van der Waals surface area (Å²) in [6.07, 6.45) is 9.91. The maximum absolute atomic E-state index is 3.37. The summed E-state index contributed by atoms with van der Waals surface area (Å²) in [4.78, 5) is 2.70. The van der Waals surface area contributed by atoms with Crippen molar-refractivity contribution in [3.05, 3.63) is 70.3 Å². The standard InChI is InChI=1S/C26H36N2/c1-27-19-24-4-2-16-28(20-24)17-3-5-26-18-23-11-10-21-6-8-22(9-7-21)12-14-25(26)15-13-23/h6-9,13,15,18,24,27H,2-5,10-12,14,16-17,19-20H2,1H3. The van der Waals surface area contributed by atoms with E-state index in [2.05, 4.69) is 59.7 Å². The minimum atomic E-state index is 0.842. The molecular weight excluding hydrogens is 340 g/mol. The fourth-order valence-corrected chi connectivity index (χ4v) is 5.05. The van der Waals surface area contributed by atoms with Gasteiger partial charge in [-0.2, -0.15) is 0 Å². The van der Waals surface area contributed by atoms with Gasteiger partial charge >= 0.3 is 0 Å². The number of benzene rings is 2. The van der Waals surface area contributed by atoms with E-state index in [0.29, 0.717) is 0 Å². The molecule has 4 bridgehead atoms. The van der Waals surface area contributed by atoms with Gasteiger partial charge < -0.3 is 10.2 Å². The number of hydrogen-bond acceptors (Lipinski definition) is 2. The summed E-state index contributed by atoms with van der Waals surface area (Å²) in [5, 5.41) is 3.37. The van der Waals surface area contributed by atoms with Gasteiger partial charge in [0.2, 0.25) is 0 Å². The molecule has 2 nitrogen and oxygen atoms in total. The molecule has 1 heterocycles. The molecule has 1 atom stereocenters. The minimum Gasteiger partial charge on any atom is -0.319 e. The van der Waals surface area contributed by atoms with Crippen LogP contribution in [0.1, 0.15) is 47.1 Å². The highest BCUT2D eigenvalue weighted by Crippen LogP contribution is 2.21. The number of rotatable bonds is 6. The Morgan fingerprint density at radius 1 is 0.929 bits per heavy atom. The van der Waals surface area contributed by atoms with Gasteiger partial charge in [0.05, 0.1) is 0 Å². The molecule has 2 aromatic rings. The lowest BCUT2D eigenvalue weighted by Crippen LogP contribution is -2.39. The Kier molecular flexibility index (Phi) is 6.82. The molecule has 7 rings (SSSR count). The molecule has 5 aliphatic rings. The molecule has 1 saturated heterocycles. The monoisotopic (exact) mass is 376 g/mol. The Hall–Kier alpha value is -1.64.